The van der Waals surface area contributed by atoms with Crippen LogP contribution in [0.3, 0.4) is 0 Å². The van der Waals surface area contributed by atoms with Gasteiger partial charge in [-0.3, -0.25) is 0 Å². The van der Waals surface area contributed by atoms with E-state index in [0.717, 1.165) is 31.6 Å². The van der Waals surface area contributed by atoms with Gasteiger partial charge in [-0.2, -0.15) is 0 Å². The van der Waals surface area contributed by atoms with Gasteiger partial charge in [0.1, 0.15) is 0 Å². The Kier molecular flexibility index (Phi) is 7.06. The Balaban J connectivity index is 1.53. The Morgan fingerprint density at radius 2 is 2.48 bits per heavy atom. The normalized spacial score (nSPS) is 24.1. The lowest BCUT2D eigenvalue weighted by atomic mass is 10.0. The van der Waals surface area contributed by atoms with Crippen molar-refractivity contribution in [1.29, 1.82) is 0 Å². The van der Waals surface area contributed by atoms with Gasteiger partial charge in [0.15, 0.2) is 0 Å². The van der Waals surface area contributed by atoms with Crippen molar-refractivity contribution in [2.75, 3.05) is 26.4 Å². The standard InChI is InChI=1S/C15H26N2O3S/c1-11-7-13(3-6-20-11)16-8-14(18)9-19-5-4-15-12(2)17-10-21-15/h10-11,13-14,16,18H,3-9H2,1-2H3. The van der Waals surface area contributed by atoms with E-state index in [1.54, 1.807) is 11.3 Å². The highest BCUT2D eigenvalue weighted by atomic mass is 32.1. The third-order valence-corrected chi connectivity index (χ3v) is 4.75. The van der Waals surface area contributed by atoms with Gasteiger partial charge in [0, 0.05) is 30.5 Å². The number of nitrogens with zero attached hydrogens (tertiary/aromatic N) is 1. The number of nitrogens with one attached hydrogen (secondary N) is 1. The van der Waals surface area contributed by atoms with E-state index in [1.807, 2.05) is 12.4 Å². The van der Waals surface area contributed by atoms with Crippen molar-refractivity contribution < 1.29 is 14.6 Å². The van der Waals surface area contributed by atoms with Gasteiger partial charge in [-0.05, 0) is 26.7 Å². The number of hydrogen-bond acceptors (Lipinski definition) is 6. The number of rotatable bonds is 8. The SMILES string of the molecule is Cc1ncsc1CCOCC(O)CNC1CCOC(C)C1. The summed E-state index contributed by atoms with van der Waals surface area (Å²) in [4.78, 5) is 5.47. The molecule has 0 spiro atoms. The minimum Gasteiger partial charge on any atom is -0.389 e. The molecule has 3 unspecified atom stereocenters. The van der Waals surface area contributed by atoms with Crippen LogP contribution >= 0.6 is 11.3 Å². The Bertz CT molecular complexity index is 413. The van der Waals surface area contributed by atoms with Crippen molar-refractivity contribution in [3.63, 3.8) is 0 Å². The van der Waals surface area contributed by atoms with Crippen molar-refractivity contribution in [3.05, 3.63) is 16.1 Å². The molecule has 2 heterocycles. The summed E-state index contributed by atoms with van der Waals surface area (Å²) in [5.41, 5.74) is 2.94. The van der Waals surface area contributed by atoms with Gasteiger partial charge in [-0.25, -0.2) is 4.98 Å². The maximum absolute atomic E-state index is 9.93. The summed E-state index contributed by atoms with van der Waals surface area (Å²) in [5.74, 6) is 0. The molecule has 1 aliphatic rings. The Morgan fingerprint density at radius 1 is 1.62 bits per heavy atom. The number of hydrogen-bond donors (Lipinski definition) is 2. The highest BCUT2D eigenvalue weighted by Crippen LogP contribution is 2.13. The fourth-order valence-corrected chi connectivity index (χ4v) is 3.26. The summed E-state index contributed by atoms with van der Waals surface area (Å²) >= 11 is 1.66. The van der Waals surface area contributed by atoms with E-state index in [2.05, 4.69) is 17.2 Å². The first-order valence-corrected chi connectivity index (χ1v) is 8.53. The molecule has 1 aliphatic heterocycles. The molecule has 2 N–H and O–H groups in total. The predicted octanol–water partition coefficient (Wildman–Crippen LogP) is 1.53. The Hall–Kier alpha value is -0.530. The molecule has 21 heavy (non-hydrogen) atoms. The van der Waals surface area contributed by atoms with E-state index in [1.165, 1.54) is 4.88 Å². The van der Waals surface area contributed by atoms with Crippen molar-refractivity contribution >= 4 is 11.3 Å². The molecule has 0 aromatic carbocycles. The molecule has 5 nitrogen and oxygen atoms in total. The Labute approximate surface area is 130 Å². The van der Waals surface area contributed by atoms with Gasteiger partial charge < -0.3 is 19.9 Å². The minimum atomic E-state index is -0.453. The molecule has 1 aromatic heterocycles. The topological polar surface area (TPSA) is 63.6 Å². The van der Waals surface area contributed by atoms with Crippen molar-refractivity contribution in [2.24, 2.45) is 0 Å². The number of aliphatic hydroxyl groups is 1. The summed E-state index contributed by atoms with van der Waals surface area (Å²) in [6.07, 6.45) is 2.76. The van der Waals surface area contributed by atoms with Crippen LogP contribution in [0.1, 0.15) is 30.3 Å². The second-order valence-corrected chi connectivity index (χ2v) is 6.59. The third kappa shape index (κ3) is 6.00. The van der Waals surface area contributed by atoms with E-state index in [-0.39, 0.29) is 0 Å². The minimum absolute atomic E-state index is 0.312. The number of aromatic nitrogens is 1. The van der Waals surface area contributed by atoms with Gasteiger partial charge in [-0.15, -0.1) is 11.3 Å². The highest BCUT2D eigenvalue weighted by molar-refractivity contribution is 7.09. The summed E-state index contributed by atoms with van der Waals surface area (Å²) in [7, 11) is 0. The molecule has 0 saturated carbocycles. The lowest BCUT2D eigenvalue weighted by Gasteiger charge is -2.28. The van der Waals surface area contributed by atoms with Gasteiger partial charge in [-0.1, -0.05) is 0 Å². The molecule has 0 amide bonds. The second kappa shape index (κ2) is 8.80. The summed E-state index contributed by atoms with van der Waals surface area (Å²) in [6, 6.07) is 0.447. The van der Waals surface area contributed by atoms with Crippen LogP contribution in [0.15, 0.2) is 5.51 Å². The average Bonchev–Trinajstić information content (AvgIpc) is 2.87. The smallest absolute Gasteiger partial charge is 0.0897 e. The molecule has 6 heteroatoms. The van der Waals surface area contributed by atoms with Crippen LogP contribution in [0.4, 0.5) is 0 Å². The molecule has 2 rings (SSSR count). The third-order valence-electron chi connectivity index (χ3n) is 3.76. The molecule has 0 bridgehead atoms. The molecule has 0 radical (unpaired) electrons. The number of ether oxygens (including phenoxy) is 2. The first kappa shape index (κ1) is 16.8. The second-order valence-electron chi connectivity index (χ2n) is 5.65. The fraction of sp³-hybridized carbons (Fsp3) is 0.800. The van der Waals surface area contributed by atoms with E-state index >= 15 is 0 Å². The van der Waals surface area contributed by atoms with Gasteiger partial charge >= 0.3 is 0 Å². The average molecular weight is 314 g/mol. The van der Waals surface area contributed by atoms with Crippen LogP contribution in [0.2, 0.25) is 0 Å². The van der Waals surface area contributed by atoms with Crippen LogP contribution < -0.4 is 5.32 Å². The molecule has 1 aromatic rings. The maximum atomic E-state index is 9.93. The lowest BCUT2D eigenvalue weighted by Crippen LogP contribution is -2.42. The number of thiazole rings is 1. The zero-order chi connectivity index (χ0) is 15.1. The number of aliphatic hydroxyl groups excluding tert-OH is 1. The summed E-state index contributed by atoms with van der Waals surface area (Å²) < 4.78 is 11.1. The van der Waals surface area contributed by atoms with E-state index in [9.17, 15) is 5.11 Å². The highest BCUT2D eigenvalue weighted by Gasteiger charge is 2.19. The zero-order valence-corrected chi connectivity index (χ0v) is 13.7. The van der Waals surface area contributed by atoms with Crippen LogP contribution in [0.25, 0.3) is 0 Å². The van der Waals surface area contributed by atoms with Crippen molar-refractivity contribution in [2.45, 2.75) is 51.4 Å². The largest absolute Gasteiger partial charge is 0.389 e. The first-order valence-electron chi connectivity index (χ1n) is 7.65. The van der Waals surface area contributed by atoms with Gasteiger partial charge in [0.05, 0.1) is 36.6 Å². The number of aryl methyl sites for hydroxylation is 1. The monoisotopic (exact) mass is 314 g/mol. The Morgan fingerprint density at radius 3 is 3.19 bits per heavy atom. The predicted molar refractivity (Wildman–Crippen MR) is 83.8 cm³/mol. The maximum Gasteiger partial charge on any atom is 0.0897 e. The summed E-state index contributed by atoms with van der Waals surface area (Å²) in [6.45, 7) is 6.50. The molecule has 1 saturated heterocycles. The molecular formula is C15H26N2O3S. The van der Waals surface area contributed by atoms with E-state index in [4.69, 9.17) is 9.47 Å². The van der Waals surface area contributed by atoms with E-state index < -0.39 is 6.10 Å². The van der Waals surface area contributed by atoms with Crippen LogP contribution in [-0.4, -0.2) is 54.7 Å². The summed E-state index contributed by atoms with van der Waals surface area (Å²) in [5, 5.41) is 13.3. The zero-order valence-electron chi connectivity index (χ0n) is 12.9. The van der Waals surface area contributed by atoms with Crippen LogP contribution in [-0.2, 0) is 15.9 Å². The van der Waals surface area contributed by atoms with Crippen LogP contribution in [0, 0.1) is 6.92 Å². The lowest BCUT2D eigenvalue weighted by molar-refractivity contribution is 0.00491. The van der Waals surface area contributed by atoms with Crippen molar-refractivity contribution in [1.82, 2.24) is 10.3 Å². The quantitative estimate of drug-likeness (QED) is 0.713. The molecule has 1 fully saturated rings. The van der Waals surface area contributed by atoms with Gasteiger partial charge in [0.25, 0.3) is 0 Å². The molecule has 120 valence electrons. The molecule has 3 atom stereocenters. The van der Waals surface area contributed by atoms with Crippen LogP contribution in [0.5, 0.6) is 0 Å². The first-order chi connectivity index (χ1) is 10.1. The molecular weight excluding hydrogens is 288 g/mol. The van der Waals surface area contributed by atoms with Gasteiger partial charge in [0.2, 0.25) is 0 Å². The fourth-order valence-electron chi connectivity index (χ4n) is 2.50. The van der Waals surface area contributed by atoms with E-state index in [0.29, 0.717) is 31.9 Å². The molecule has 0 aliphatic carbocycles. The van der Waals surface area contributed by atoms with Crippen molar-refractivity contribution in [3.8, 4) is 0 Å².